The quantitative estimate of drug-likeness (QED) is 0.916. The first-order valence-corrected chi connectivity index (χ1v) is 6.04. The largest absolute Gasteiger partial charge is 0.493 e. The lowest BCUT2D eigenvalue weighted by Gasteiger charge is -2.26. The molecule has 1 N–H and O–H groups in total. The lowest BCUT2D eigenvalue weighted by atomic mass is 9.81. The lowest BCUT2D eigenvalue weighted by molar-refractivity contribution is -0.147. The van der Waals surface area contributed by atoms with Gasteiger partial charge in [0.1, 0.15) is 12.4 Å². The number of carboxylic acids is 1. The van der Waals surface area contributed by atoms with E-state index in [0.717, 1.165) is 12.1 Å². The summed E-state index contributed by atoms with van der Waals surface area (Å²) in [5.41, 5.74) is -1.37. The van der Waals surface area contributed by atoms with Crippen molar-refractivity contribution in [2.24, 2.45) is 11.3 Å². The van der Waals surface area contributed by atoms with Gasteiger partial charge in [-0.25, -0.2) is 0 Å². The first-order valence-electron chi connectivity index (χ1n) is 6.04. The van der Waals surface area contributed by atoms with Gasteiger partial charge in [0, 0.05) is 0 Å². The summed E-state index contributed by atoms with van der Waals surface area (Å²) in [5, 5.41) is 9.11. The molecule has 0 saturated heterocycles. The van der Waals surface area contributed by atoms with Crippen molar-refractivity contribution in [1.29, 1.82) is 0 Å². The molecule has 0 heterocycles. The lowest BCUT2D eigenvalue weighted by Crippen LogP contribution is -2.33. The van der Waals surface area contributed by atoms with Crippen molar-refractivity contribution in [3.05, 3.63) is 29.8 Å². The fraction of sp³-hybridized carbons (Fsp3) is 0.500. The molecule has 0 amide bonds. The second-order valence-corrected chi connectivity index (χ2v) is 5.59. The maximum Gasteiger partial charge on any atom is 0.416 e. The van der Waals surface area contributed by atoms with Gasteiger partial charge >= 0.3 is 12.1 Å². The number of rotatable bonds is 4. The molecule has 0 radical (unpaired) electrons. The van der Waals surface area contributed by atoms with Crippen LogP contribution in [0.4, 0.5) is 13.2 Å². The average molecular weight is 290 g/mol. The van der Waals surface area contributed by atoms with E-state index in [1.165, 1.54) is 12.1 Å². The Morgan fingerprint density at radius 3 is 2.35 bits per heavy atom. The minimum absolute atomic E-state index is 0.00956. The Morgan fingerprint density at radius 2 is 1.90 bits per heavy atom. The second kappa shape index (κ2) is 5.73. The van der Waals surface area contributed by atoms with Crippen LogP contribution < -0.4 is 4.74 Å². The van der Waals surface area contributed by atoms with Crippen LogP contribution in [0.15, 0.2) is 24.3 Å². The first-order chi connectivity index (χ1) is 9.01. The van der Waals surface area contributed by atoms with Gasteiger partial charge < -0.3 is 9.84 Å². The molecule has 0 saturated carbocycles. The number of carbonyl (C=O) groups is 1. The number of halogens is 3. The van der Waals surface area contributed by atoms with Crippen molar-refractivity contribution in [3.63, 3.8) is 0 Å². The van der Waals surface area contributed by atoms with Gasteiger partial charge in [0.2, 0.25) is 0 Å². The Hall–Kier alpha value is -1.72. The minimum atomic E-state index is -4.45. The highest BCUT2D eigenvalue weighted by Crippen LogP contribution is 2.32. The summed E-state index contributed by atoms with van der Waals surface area (Å²) < 4.78 is 42.8. The van der Waals surface area contributed by atoms with Gasteiger partial charge in [0.15, 0.2) is 0 Å². The summed E-state index contributed by atoms with van der Waals surface area (Å²) in [6, 6.07) is 4.40. The van der Waals surface area contributed by atoms with Crippen LogP contribution in [-0.4, -0.2) is 17.7 Å². The smallest absolute Gasteiger partial charge is 0.416 e. The predicted octanol–water partition coefficient (Wildman–Crippen LogP) is 3.83. The Balaban J connectivity index is 2.82. The molecule has 3 nitrogen and oxygen atoms in total. The summed E-state index contributed by atoms with van der Waals surface area (Å²) in [6.07, 6.45) is -4.45. The molecule has 0 aliphatic carbocycles. The number of carboxylic acid groups (broad SMARTS) is 1. The molecular weight excluding hydrogens is 273 g/mol. The van der Waals surface area contributed by atoms with Crippen molar-refractivity contribution in [2.45, 2.75) is 26.9 Å². The van der Waals surface area contributed by atoms with Crippen molar-refractivity contribution in [2.75, 3.05) is 6.61 Å². The van der Waals surface area contributed by atoms with E-state index >= 15 is 0 Å². The van der Waals surface area contributed by atoms with Crippen LogP contribution in [-0.2, 0) is 11.0 Å². The Kier molecular flexibility index (Phi) is 4.68. The molecule has 6 heteroatoms. The zero-order chi connectivity index (χ0) is 15.6. The van der Waals surface area contributed by atoms with Gasteiger partial charge in [-0.15, -0.1) is 0 Å². The number of ether oxygens (including phenoxy) is 1. The van der Waals surface area contributed by atoms with Gasteiger partial charge in [0.25, 0.3) is 0 Å². The predicted molar refractivity (Wildman–Crippen MR) is 67.5 cm³/mol. The Bertz CT molecular complexity index is 475. The van der Waals surface area contributed by atoms with Crippen LogP contribution in [0.1, 0.15) is 26.3 Å². The van der Waals surface area contributed by atoms with Crippen molar-refractivity contribution in [1.82, 2.24) is 0 Å². The summed E-state index contributed by atoms with van der Waals surface area (Å²) in [7, 11) is 0. The summed E-state index contributed by atoms with van der Waals surface area (Å²) >= 11 is 0. The fourth-order valence-corrected chi connectivity index (χ4v) is 1.63. The van der Waals surface area contributed by atoms with E-state index in [-0.39, 0.29) is 12.4 Å². The fourth-order valence-electron chi connectivity index (χ4n) is 1.63. The van der Waals surface area contributed by atoms with E-state index in [1.54, 1.807) is 20.8 Å². The first kappa shape index (κ1) is 16.3. The van der Waals surface area contributed by atoms with Crippen LogP contribution in [0.2, 0.25) is 0 Å². The number of alkyl halides is 3. The third-order valence-corrected chi connectivity index (χ3v) is 2.92. The van der Waals surface area contributed by atoms with Crippen molar-refractivity contribution in [3.8, 4) is 5.75 Å². The number of aliphatic carboxylic acids is 1. The van der Waals surface area contributed by atoms with E-state index in [9.17, 15) is 18.0 Å². The van der Waals surface area contributed by atoms with E-state index in [0.29, 0.717) is 0 Å². The van der Waals surface area contributed by atoms with Gasteiger partial charge in [-0.05, 0) is 23.6 Å². The summed E-state index contributed by atoms with van der Waals surface area (Å²) in [6.45, 7) is 5.03. The zero-order valence-corrected chi connectivity index (χ0v) is 11.5. The molecule has 0 aliphatic rings. The highest BCUT2D eigenvalue weighted by Gasteiger charge is 2.33. The van der Waals surface area contributed by atoms with Crippen LogP contribution in [0.5, 0.6) is 5.75 Å². The van der Waals surface area contributed by atoms with Crippen LogP contribution in [0, 0.1) is 11.3 Å². The standard InChI is InChI=1S/C14H17F3O3/c1-13(2,3)11(12(18)19)8-20-10-6-4-5-9(7-10)14(15,16)17/h4-7,11H,8H2,1-3H3,(H,18,19). The van der Waals surface area contributed by atoms with Crippen LogP contribution >= 0.6 is 0 Å². The van der Waals surface area contributed by atoms with Gasteiger partial charge in [-0.2, -0.15) is 13.2 Å². The van der Waals surface area contributed by atoms with Crippen LogP contribution in [0.25, 0.3) is 0 Å². The van der Waals surface area contributed by atoms with E-state index in [2.05, 4.69) is 0 Å². The molecule has 0 spiro atoms. The molecule has 1 aromatic rings. The SMILES string of the molecule is CC(C)(C)C(COc1cccc(C(F)(F)F)c1)C(=O)O. The molecule has 1 aromatic carbocycles. The van der Waals surface area contributed by atoms with E-state index < -0.39 is 29.0 Å². The molecule has 0 bridgehead atoms. The number of hydrogen-bond donors (Lipinski definition) is 1. The second-order valence-electron chi connectivity index (χ2n) is 5.59. The maximum atomic E-state index is 12.5. The molecular formula is C14H17F3O3. The van der Waals surface area contributed by atoms with Gasteiger partial charge in [0.05, 0.1) is 11.5 Å². The van der Waals surface area contributed by atoms with Crippen molar-refractivity contribution < 1.29 is 27.8 Å². The van der Waals surface area contributed by atoms with E-state index in [4.69, 9.17) is 9.84 Å². The van der Waals surface area contributed by atoms with Crippen LogP contribution in [0.3, 0.4) is 0 Å². The highest BCUT2D eigenvalue weighted by molar-refractivity contribution is 5.71. The summed E-state index contributed by atoms with van der Waals surface area (Å²) in [5.74, 6) is -1.84. The average Bonchev–Trinajstić information content (AvgIpc) is 2.26. The van der Waals surface area contributed by atoms with Crippen molar-refractivity contribution >= 4 is 5.97 Å². The highest BCUT2D eigenvalue weighted by atomic mass is 19.4. The normalized spacial score (nSPS) is 13.9. The van der Waals surface area contributed by atoms with E-state index in [1.807, 2.05) is 0 Å². The Morgan fingerprint density at radius 1 is 1.30 bits per heavy atom. The molecule has 0 aromatic heterocycles. The molecule has 112 valence electrons. The molecule has 1 rings (SSSR count). The molecule has 20 heavy (non-hydrogen) atoms. The zero-order valence-electron chi connectivity index (χ0n) is 11.5. The molecule has 1 atom stereocenters. The summed E-state index contributed by atoms with van der Waals surface area (Å²) in [4.78, 5) is 11.1. The number of hydrogen-bond acceptors (Lipinski definition) is 2. The maximum absolute atomic E-state index is 12.5. The third kappa shape index (κ3) is 4.43. The monoisotopic (exact) mass is 290 g/mol. The van der Waals surface area contributed by atoms with Gasteiger partial charge in [-0.3, -0.25) is 4.79 Å². The Labute approximate surface area is 115 Å². The molecule has 0 aliphatic heterocycles. The topological polar surface area (TPSA) is 46.5 Å². The minimum Gasteiger partial charge on any atom is -0.493 e. The molecule has 0 fully saturated rings. The van der Waals surface area contributed by atoms with Gasteiger partial charge in [-0.1, -0.05) is 26.8 Å². The molecule has 1 unspecified atom stereocenters. The third-order valence-electron chi connectivity index (χ3n) is 2.92. The number of benzene rings is 1.